The third-order valence-corrected chi connectivity index (χ3v) is 6.93. The number of aromatic amines is 2. The molecule has 3 aromatic heterocycles. The summed E-state index contributed by atoms with van der Waals surface area (Å²) in [4.78, 5) is 24.2. The van der Waals surface area contributed by atoms with Gasteiger partial charge in [0.15, 0.2) is 0 Å². The molecule has 5 aromatic rings. The van der Waals surface area contributed by atoms with Gasteiger partial charge in [-0.3, -0.25) is 19.6 Å². The Kier molecular flexibility index (Phi) is 6.06. The van der Waals surface area contributed by atoms with Gasteiger partial charge in [-0.25, -0.2) is 13.4 Å². The quantitative estimate of drug-likeness (QED) is 0.305. The Morgan fingerprint density at radius 2 is 1.83 bits per heavy atom. The second kappa shape index (κ2) is 9.32. The SMILES string of the molecule is O=c1[nH]c(-c2cc(Cl)c3[nH]ncc3c2)c(-c2ccccc2)nc1NS(=O)(=O)CCc1cccnc1. The molecule has 0 saturated carbocycles. The Bertz CT molecular complexity index is 1670. The van der Waals surface area contributed by atoms with Gasteiger partial charge in [-0.2, -0.15) is 5.10 Å². The third kappa shape index (κ3) is 4.93. The van der Waals surface area contributed by atoms with Gasteiger partial charge in [0.05, 0.1) is 33.9 Å². The van der Waals surface area contributed by atoms with E-state index in [9.17, 15) is 13.2 Å². The van der Waals surface area contributed by atoms with Gasteiger partial charge in [-0.05, 0) is 30.2 Å². The zero-order valence-corrected chi connectivity index (χ0v) is 19.8. The average Bonchev–Trinajstić information content (AvgIpc) is 3.34. The van der Waals surface area contributed by atoms with E-state index >= 15 is 0 Å². The van der Waals surface area contributed by atoms with E-state index in [2.05, 4.69) is 29.9 Å². The summed E-state index contributed by atoms with van der Waals surface area (Å²) >= 11 is 6.42. The predicted octanol–water partition coefficient (Wildman–Crippen LogP) is 4.01. The largest absolute Gasteiger partial charge is 0.317 e. The van der Waals surface area contributed by atoms with Gasteiger partial charge in [0, 0.05) is 28.9 Å². The number of sulfonamides is 1. The van der Waals surface area contributed by atoms with E-state index in [1.54, 1.807) is 36.8 Å². The molecule has 0 radical (unpaired) electrons. The molecule has 0 atom stereocenters. The molecule has 5 rings (SSSR count). The number of pyridine rings is 1. The summed E-state index contributed by atoms with van der Waals surface area (Å²) < 4.78 is 27.8. The van der Waals surface area contributed by atoms with Crippen molar-refractivity contribution in [2.75, 3.05) is 10.5 Å². The zero-order chi connectivity index (χ0) is 24.4. The number of hydrogen-bond donors (Lipinski definition) is 3. The van der Waals surface area contributed by atoms with Crippen molar-refractivity contribution in [1.82, 2.24) is 25.1 Å². The summed E-state index contributed by atoms with van der Waals surface area (Å²) in [7, 11) is -3.85. The van der Waals surface area contributed by atoms with Crippen LogP contribution >= 0.6 is 11.6 Å². The van der Waals surface area contributed by atoms with Crippen LogP contribution in [-0.4, -0.2) is 39.3 Å². The van der Waals surface area contributed by atoms with E-state index < -0.39 is 15.6 Å². The third-order valence-electron chi connectivity index (χ3n) is 5.39. The molecule has 3 heterocycles. The van der Waals surface area contributed by atoms with Crippen LogP contribution in [0.2, 0.25) is 5.02 Å². The van der Waals surface area contributed by atoms with Crippen LogP contribution in [0.1, 0.15) is 5.56 Å². The molecule has 3 N–H and O–H groups in total. The van der Waals surface area contributed by atoms with Crippen molar-refractivity contribution in [3.05, 3.63) is 94.1 Å². The van der Waals surface area contributed by atoms with E-state index in [-0.39, 0.29) is 18.0 Å². The summed E-state index contributed by atoms with van der Waals surface area (Å²) in [6, 6.07) is 16.2. The molecular weight excluding hydrogens is 488 g/mol. The van der Waals surface area contributed by atoms with Crippen molar-refractivity contribution in [2.24, 2.45) is 0 Å². The molecular formula is C24H19ClN6O3S. The molecule has 0 spiro atoms. The maximum atomic E-state index is 12.9. The van der Waals surface area contributed by atoms with Crippen LogP contribution < -0.4 is 10.3 Å². The highest BCUT2D eigenvalue weighted by Crippen LogP contribution is 2.33. The minimum Gasteiger partial charge on any atom is -0.317 e. The summed E-state index contributed by atoms with van der Waals surface area (Å²) in [5.74, 6) is -0.538. The Morgan fingerprint density at radius 1 is 1.00 bits per heavy atom. The molecule has 0 aliphatic rings. The van der Waals surface area contributed by atoms with Crippen molar-refractivity contribution in [3.8, 4) is 22.5 Å². The molecule has 11 heteroatoms. The topological polar surface area (TPSA) is 133 Å². The summed E-state index contributed by atoms with van der Waals surface area (Å²) in [5, 5.41) is 8.03. The number of nitrogens with one attached hydrogen (secondary N) is 3. The minimum atomic E-state index is -3.85. The van der Waals surface area contributed by atoms with E-state index in [1.807, 2.05) is 36.4 Å². The molecule has 176 valence electrons. The summed E-state index contributed by atoms with van der Waals surface area (Å²) in [6.07, 6.45) is 5.09. The lowest BCUT2D eigenvalue weighted by Gasteiger charge is -2.13. The van der Waals surface area contributed by atoms with Gasteiger partial charge >= 0.3 is 0 Å². The van der Waals surface area contributed by atoms with Crippen molar-refractivity contribution < 1.29 is 8.42 Å². The second-order valence-corrected chi connectivity index (χ2v) is 10.1. The number of aryl methyl sites for hydroxylation is 1. The molecule has 0 aliphatic heterocycles. The standard InChI is InChI=1S/C24H19ClN6O3S/c25-19-12-17(11-18-14-27-30-20(18)19)22-21(16-6-2-1-3-7-16)28-23(24(32)29-22)31-35(33,34)10-8-15-5-4-9-26-13-15/h1-7,9,11-14H,8,10H2,(H,27,30)(H,28,31)(H,29,32). The number of halogens is 1. The lowest BCUT2D eigenvalue weighted by molar-refractivity contribution is 0.600. The fraction of sp³-hybridized carbons (Fsp3) is 0.0833. The molecule has 0 fully saturated rings. The van der Waals surface area contributed by atoms with Crippen molar-refractivity contribution in [1.29, 1.82) is 0 Å². The van der Waals surface area contributed by atoms with E-state index in [1.165, 1.54) is 0 Å². The summed E-state index contributed by atoms with van der Waals surface area (Å²) in [6.45, 7) is 0. The van der Waals surface area contributed by atoms with Crippen LogP contribution in [0.25, 0.3) is 33.4 Å². The normalized spacial score (nSPS) is 11.6. The van der Waals surface area contributed by atoms with Gasteiger partial charge in [0.25, 0.3) is 5.56 Å². The van der Waals surface area contributed by atoms with Gasteiger partial charge in [0.2, 0.25) is 15.8 Å². The monoisotopic (exact) mass is 506 g/mol. The molecule has 0 saturated heterocycles. The van der Waals surface area contributed by atoms with Crippen molar-refractivity contribution in [3.63, 3.8) is 0 Å². The number of fused-ring (bicyclic) bond motifs is 1. The molecule has 9 nitrogen and oxygen atoms in total. The first-order chi connectivity index (χ1) is 16.9. The van der Waals surface area contributed by atoms with Crippen LogP contribution in [0.3, 0.4) is 0 Å². The maximum Gasteiger partial charge on any atom is 0.292 e. The number of aromatic nitrogens is 5. The first-order valence-electron chi connectivity index (χ1n) is 10.6. The smallest absolute Gasteiger partial charge is 0.292 e. The number of H-pyrrole nitrogens is 2. The molecule has 0 unspecified atom stereocenters. The van der Waals surface area contributed by atoms with Gasteiger partial charge in [-0.1, -0.05) is 48.0 Å². The first-order valence-corrected chi connectivity index (χ1v) is 12.6. The highest BCUT2D eigenvalue weighted by atomic mass is 35.5. The highest BCUT2D eigenvalue weighted by Gasteiger charge is 2.19. The minimum absolute atomic E-state index is 0.227. The molecule has 0 bridgehead atoms. The van der Waals surface area contributed by atoms with E-state index in [0.717, 1.165) is 10.9 Å². The van der Waals surface area contributed by atoms with Crippen LogP contribution in [0, 0.1) is 0 Å². The first kappa shape index (κ1) is 22.8. The number of hydrogen-bond acceptors (Lipinski definition) is 6. The van der Waals surface area contributed by atoms with Crippen LogP contribution in [-0.2, 0) is 16.4 Å². The van der Waals surface area contributed by atoms with E-state index in [4.69, 9.17) is 11.6 Å². The van der Waals surface area contributed by atoms with Crippen LogP contribution in [0.5, 0.6) is 0 Å². The van der Waals surface area contributed by atoms with Crippen molar-refractivity contribution >= 4 is 38.3 Å². The number of rotatable bonds is 7. The predicted molar refractivity (Wildman–Crippen MR) is 136 cm³/mol. The maximum absolute atomic E-state index is 12.9. The fourth-order valence-electron chi connectivity index (χ4n) is 3.69. The van der Waals surface area contributed by atoms with Crippen LogP contribution in [0.15, 0.2) is 78.0 Å². The Labute approximate surface area is 205 Å². The van der Waals surface area contributed by atoms with Crippen LogP contribution in [0.4, 0.5) is 5.82 Å². The Balaban J connectivity index is 1.56. The Hall–Kier alpha value is -4.02. The average molecular weight is 507 g/mol. The summed E-state index contributed by atoms with van der Waals surface area (Å²) in [5.41, 5.74) is 2.87. The molecule has 35 heavy (non-hydrogen) atoms. The van der Waals surface area contributed by atoms with Gasteiger partial charge < -0.3 is 4.98 Å². The molecule has 0 amide bonds. The second-order valence-electron chi connectivity index (χ2n) is 7.83. The number of anilines is 1. The molecule has 0 aliphatic carbocycles. The lowest BCUT2D eigenvalue weighted by atomic mass is 10.0. The lowest BCUT2D eigenvalue weighted by Crippen LogP contribution is -2.25. The fourth-order valence-corrected chi connectivity index (χ4v) is 5.00. The highest BCUT2D eigenvalue weighted by molar-refractivity contribution is 7.92. The van der Waals surface area contributed by atoms with Crippen molar-refractivity contribution in [2.45, 2.75) is 6.42 Å². The number of nitrogens with zero attached hydrogens (tertiary/aromatic N) is 3. The zero-order valence-electron chi connectivity index (χ0n) is 18.2. The molecule has 2 aromatic carbocycles. The van der Waals surface area contributed by atoms with Gasteiger partial charge in [-0.15, -0.1) is 0 Å². The van der Waals surface area contributed by atoms with E-state index in [0.29, 0.717) is 33.1 Å². The number of benzene rings is 2. The van der Waals surface area contributed by atoms with Gasteiger partial charge in [0.1, 0.15) is 0 Å². The Morgan fingerprint density at radius 3 is 2.60 bits per heavy atom.